The molecule has 0 saturated heterocycles. The topological polar surface area (TPSA) is 57.3 Å². The molecular formula is C21H20N4OS. The molecule has 5 rings (SSSR count). The van der Waals surface area contributed by atoms with Crippen molar-refractivity contribution in [3.63, 3.8) is 0 Å². The Hall–Kier alpha value is -2.70. The van der Waals surface area contributed by atoms with Gasteiger partial charge in [-0.2, -0.15) is 0 Å². The highest BCUT2D eigenvalue weighted by atomic mass is 32.1. The van der Waals surface area contributed by atoms with Crippen molar-refractivity contribution in [3.8, 4) is 0 Å². The monoisotopic (exact) mass is 376 g/mol. The van der Waals surface area contributed by atoms with Crippen LogP contribution in [-0.4, -0.2) is 22.3 Å². The van der Waals surface area contributed by atoms with E-state index in [1.54, 1.807) is 23.7 Å². The van der Waals surface area contributed by atoms with Crippen LogP contribution in [0.4, 0.5) is 5.00 Å². The van der Waals surface area contributed by atoms with Crippen molar-refractivity contribution in [2.24, 2.45) is 0 Å². The van der Waals surface area contributed by atoms with Gasteiger partial charge in [-0.3, -0.25) is 14.7 Å². The maximum atomic E-state index is 12.8. The highest BCUT2D eigenvalue weighted by molar-refractivity contribution is 7.16. The van der Waals surface area contributed by atoms with Crippen LogP contribution in [-0.2, 0) is 19.5 Å². The number of hydrogen-bond donors (Lipinski definition) is 2. The molecule has 2 N–H and O–H groups in total. The number of rotatable bonds is 3. The normalized spacial score (nSPS) is 19.0. The van der Waals surface area contributed by atoms with Gasteiger partial charge in [-0.25, -0.2) is 0 Å². The number of hydrogen-bond acceptors (Lipinski definition) is 5. The highest BCUT2D eigenvalue weighted by Crippen LogP contribution is 2.40. The van der Waals surface area contributed by atoms with Gasteiger partial charge in [0.2, 0.25) is 0 Å². The molecule has 2 aliphatic heterocycles. The number of amides is 1. The molecule has 2 aromatic heterocycles. The van der Waals surface area contributed by atoms with E-state index in [-0.39, 0.29) is 12.1 Å². The van der Waals surface area contributed by atoms with Crippen LogP contribution in [0.5, 0.6) is 0 Å². The molecule has 136 valence electrons. The van der Waals surface area contributed by atoms with E-state index in [4.69, 9.17) is 0 Å². The highest BCUT2D eigenvalue weighted by Gasteiger charge is 2.33. The van der Waals surface area contributed by atoms with E-state index in [1.165, 1.54) is 16.0 Å². The van der Waals surface area contributed by atoms with E-state index in [0.29, 0.717) is 0 Å². The first-order valence-electron chi connectivity index (χ1n) is 9.16. The molecule has 0 bridgehead atoms. The van der Waals surface area contributed by atoms with Gasteiger partial charge < -0.3 is 10.6 Å². The van der Waals surface area contributed by atoms with Crippen LogP contribution in [0.2, 0.25) is 0 Å². The molecule has 5 nitrogen and oxygen atoms in total. The van der Waals surface area contributed by atoms with Crippen molar-refractivity contribution in [2.75, 3.05) is 11.9 Å². The summed E-state index contributed by atoms with van der Waals surface area (Å²) in [4.78, 5) is 20.7. The number of carbonyl (C=O) groups is 1. The minimum atomic E-state index is -0.223. The van der Waals surface area contributed by atoms with Crippen molar-refractivity contribution >= 4 is 22.2 Å². The number of fused-ring (bicyclic) bond motifs is 3. The summed E-state index contributed by atoms with van der Waals surface area (Å²) < 4.78 is 0. The van der Waals surface area contributed by atoms with Gasteiger partial charge in [-0.15, -0.1) is 11.3 Å². The van der Waals surface area contributed by atoms with Gasteiger partial charge in [0.15, 0.2) is 0 Å². The Kier molecular flexibility index (Phi) is 4.14. The molecule has 3 aromatic rings. The molecule has 0 saturated carbocycles. The Balaban J connectivity index is 1.39. The number of pyridine rings is 1. The fourth-order valence-corrected chi connectivity index (χ4v) is 5.17. The Morgan fingerprint density at radius 3 is 2.85 bits per heavy atom. The van der Waals surface area contributed by atoms with E-state index in [1.807, 2.05) is 18.2 Å². The van der Waals surface area contributed by atoms with Gasteiger partial charge in [0.25, 0.3) is 5.91 Å². The van der Waals surface area contributed by atoms with Crippen LogP contribution in [0.25, 0.3) is 0 Å². The Labute approximate surface area is 162 Å². The van der Waals surface area contributed by atoms with Crippen molar-refractivity contribution in [1.82, 2.24) is 15.2 Å². The van der Waals surface area contributed by atoms with Crippen LogP contribution in [0.3, 0.4) is 0 Å². The SMILES string of the molecule is O=C1NC(c2cccnc2)Nc2sc3c(c21)CCN(Cc1ccccc1)C3. The number of nitrogens with one attached hydrogen (secondary N) is 2. The molecule has 27 heavy (non-hydrogen) atoms. The predicted octanol–water partition coefficient (Wildman–Crippen LogP) is 3.56. The zero-order valence-electron chi connectivity index (χ0n) is 14.8. The quantitative estimate of drug-likeness (QED) is 0.734. The van der Waals surface area contributed by atoms with E-state index in [2.05, 4.69) is 44.8 Å². The summed E-state index contributed by atoms with van der Waals surface area (Å²) in [7, 11) is 0. The van der Waals surface area contributed by atoms with E-state index in [0.717, 1.165) is 42.2 Å². The summed E-state index contributed by atoms with van der Waals surface area (Å²) in [5.74, 6) is 0.0200. The molecule has 0 fully saturated rings. The number of nitrogens with zero attached hydrogens (tertiary/aromatic N) is 2. The second-order valence-electron chi connectivity index (χ2n) is 6.99. The molecule has 1 amide bonds. The second-order valence-corrected chi connectivity index (χ2v) is 8.10. The summed E-state index contributed by atoms with van der Waals surface area (Å²) in [5.41, 5.74) is 4.35. The summed E-state index contributed by atoms with van der Waals surface area (Å²) in [6.07, 6.45) is 4.22. The first kappa shape index (κ1) is 16.5. The first-order chi connectivity index (χ1) is 13.3. The van der Waals surface area contributed by atoms with Crippen molar-refractivity contribution in [2.45, 2.75) is 25.7 Å². The minimum absolute atomic E-state index is 0.0200. The van der Waals surface area contributed by atoms with Gasteiger partial charge in [-0.05, 0) is 23.6 Å². The molecule has 1 aromatic carbocycles. The molecule has 0 aliphatic carbocycles. The predicted molar refractivity (Wildman–Crippen MR) is 107 cm³/mol. The average Bonchev–Trinajstić information content (AvgIpc) is 3.07. The maximum Gasteiger partial charge on any atom is 0.256 e. The van der Waals surface area contributed by atoms with E-state index in [9.17, 15) is 4.79 Å². The van der Waals surface area contributed by atoms with Crippen LogP contribution >= 0.6 is 11.3 Å². The lowest BCUT2D eigenvalue weighted by Crippen LogP contribution is -2.38. The molecule has 0 radical (unpaired) electrons. The Bertz CT molecular complexity index is 971. The lowest BCUT2D eigenvalue weighted by molar-refractivity contribution is 0.0934. The minimum Gasteiger partial charge on any atom is -0.353 e. The largest absolute Gasteiger partial charge is 0.353 e. The standard InChI is InChI=1S/C21H20N4OS/c26-20-18-16-8-10-25(12-14-5-2-1-3-6-14)13-17(16)27-21(18)24-19(23-20)15-7-4-9-22-11-15/h1-7,9,11,19,24H,8,10,12-13H2,(H,23,26). The van der Waals surface area contributed by atoms with Gasteiger partial charge in [0, 0.05) is 42.5 Å². The fraction of sp³-hybridized carbons (Fsp3) is 0.238. The lowest BCUT2D eigenvalue weighted by atomic mass is 10.00. The van der Waals surface area contributed by atoms with Gasteiger partial charge >= 0.3 is 0 Å². The fourth-order valence-electron chi connectivity index (χ4n) is 3.86. The van der Waals surface area contributed by atoms with Crippen LogP contribution < -0.4 is 10.6 Å². The average molecular weight is 376 g/mol. The zero-order valence-corrected chi connectivity index (χ0v) is 15.6. The number of aromatic nitrogens is 1. The molecule has 1 atom stereocenters. The smallest absolute Gasteiger partial charge is 0.256 e. The Morgan fingerprint density at radius 2 is 2.04 bits per heavy atom. The summed E-state index contributed by atoms with van der Waals surface area (Å²) in [6.45, 7) is 2.82. The lowest BCUT2D eigenvalue weighted by Gasteiger charge is -2.28. The third kappa shape index (κ3) is 3.11. The van der Waals surface area contributed by atoms with E-state index >= 15 is 0 Å². The molecule has 2 aliphatic rings. The summed E-state index contributed by atoms with van der Waals surface area (Å²) >= 11 is 1.72. The van der Waals surface area contributed by atoms with Gasteiger partial charge in [0.1, 0.15) is 11.2 Å². The third-order valence-electron chi connectivity index (χ3n) is 5.18. The number of benzene rings is 1. The second kappa shape index (κ2) is 6.79. The molecular weight excluding hydrogens is 356 g/mol. The van der Waals surface area contributed by atoms with Gasteiger partial charge in [-0.1, -0.05) is 36.4 Å². The van der Waals surface area contributed by atoms with Crippen LogP contribution in [0.15, 0.2) is 54.9 Å². The maximum absolute atomic E-state index is 12.8. The number of carbonyl (C=O) groups excluding carboxylic acids is 1. The van der Waals surface area contributed by atoms with Crippen LogP contribution in [0, 0.1) is 0 Å². The van der Waals surface area contributed by atoms with Gasteiger partial charge in [0.05, 0.1) is 5.56 Å². The zero-order chi connectivity index (χ0) is 18.2. The van der Waals surface area contributed by atoms with Crippen LogP contribution in [0.1, 0.15) is 38.1 Å². The molecule has 0 spiro atoms. The summed E-state index contributed by atoms with van der Waals surface area (Å²) in [5, 5.41) is 7.56. The third-order valence-corrected chi connectivity index (χ3v) is 6.33. The number of thiophene rings is 1. The van der Waals surface area contributed by atoms with Crippen molar-refractivity contribution < 1.29 is 4.79 Å². The number of anilines is 1. The van der Waals surface area contributed by atoms with Crippen molar-refractivity contribution in [3.05, 3.63) is 82.0 Å². The molecule has 1 unspecified atom stereocenters. The molecule has 4 heterocycles. The first-order valence-corrected chi connectivity index (χ1v) is 9.98. The Morgan fingerprint density at radius 1 is 1.15 bits per heavy atom. The molecule has 6 heteroatoms. The van der Waals surface area contributed by atoms with E-state index < -0.39 is 0 Å². The summed E-state index contributed by atoms with van der Waals surface area (Å²) in [6, 6.07) is 14.4. The van der Waals surface area contributed by atoms with Crippen molar-refractivity contribution in [1.29, 1.82) is 0 Å².